The third-order valence-corrected chi connectivity index (χ3v) is 4.07. The van der Waals surface area contributed by atoms with Gasteiger partial charge in [-0.25, -0.2) is 4.79 Å². The zero-order chi connectivity index (χ0) is 18.9. The van der Waals surface area contributed by atoms with E-state index in [1.807, 2.05) is 24.3 Å². The van der Waals surface area contributed by atoms with Gasteiger partial charge in [0.25, 0.3) is 0 Å². The number of amides is 1. The van der Waals surface area contributed by atoms with E-state index in [1.165, 1.54) is 4.90 Å². The van der Waals surface area contributed by atoms with E-state index in [9.17, 15) is 9.59 Å². The van der Waals surface area contributed by atoms with Crippen LogP contribution in [0.15, 0.2) is 30.5 Å². The molecule has 7 heteroatoms. The molecule has 0 unspecified atom stereocenters. The second kappa shape index (κ2) is 6.82. The molecule has 0 bridgehead atoms. The van der Waals surface area contributed by atoms with E-state index < -0.39 is 11.7 Å². The van der Waals surface area contributed by atoms with Crippen molar-refractivity contribution in [1.82, 2.24) is 14.7 Å². The van der Waals surface area contributed by atoms with Gasteiger partial charge < -0.3 is 9.47 Å². The second-order valence-corrected chi connectivity index (χ2v) is 7.27. The Bertz CT molecular complexity index is 818. The average Bonchev–Trinajstić information content (AvgIpc) is 2.97. The molecule has 0 atom stereocenters. The predicted octanol–water partition coefficient (Wildman–Crippen LogP) is 2.87. The molecule has 1 aliphatic rings. The number of benzene rings is 1. The van der Waals surface area contributed by atoms with Crippen molar-refractivity contribution in [2.75, 3.05) is 13.7 Å². The van der Waals surface area contributed by atoms with Crippen molar-refractivity contribution >= 4 is 11.9 Å². The summed E-state index contributed by atoms with van der Waals surface area (Å²) in [5, 5.41) is 4.34. The van der Waals surface area contributed by atoms with Gasteiger partial charge in [0, 0.05) is 0 Å². The summed E-state index contributed by atoms with van der Waals surface area (Å²) in [4.78, 5) is 26.2. The Labute approximate surface area is 152 Å². The number of carbonyl (C=O) groups excluding carboxylic acids is 2. The van der Waals surface area contributed by atoms with Crippen LogP contribution in [0.3, 0.4) is 0 Å². The standard InChI is InChI=1S/C19H23N3O4/c1-19(2,3)26-18(24)21-11-16-15(17(23)12-21)9-20-22(16)10-13-5-7-14(25-4)8-6-13/h5-9H,10-12H2,1-4H3. The molecule has 1 amide bonds. The molecule has 1 aromatic carbocycles. The summed E-state index contributed by atoms with van der Waals surface area (Å²) < 4.78 is 12.3. The first-order valence-corrected chi connectivity index (χ1v) is 8.45. The van der Waals surface area contributed by atoms with Gasteiger partial charge in [0.05, 0.1) is 44.2 Å². The van der Waals surface area contributed by atoms with E-state index in [0.29, 0.717) is 18.7 Å². The fourth-order valence-electron chi connectivity index (χ4n) is 2.80. The minimum atomic E-state index is -0.607. The SMILES string of the molecule is COc1ccc(Cn2ncc3c2CN(C(=O)OC(C)(C)C)CC3=O)cc1. The van der Waals surface area contributed by atoms with Crippen molar-refractivity contribution < 1.29 is 19.1 Å². The quantitative estimate of drug-likeness (QED) is 0.844. The maximum atomic E-state index is 12.4. The maximum Gasteiger partial charge on any atom is 0.411 e. The molecule has 7 nitrogen and oxygen atoms in total. The molecule has 1 aliphatic heterocycles. The molecule has 3 rings (SSSR count). The highest BCUT2D eigenvalue weighted by Crippen LogP contribution is 2.22. The lowest BCUT2D eigenvalue weighted by molar-refractivity contribution is 0.0215. The lowest BCUT2D eigenvalue weighted by Crippen LogP contribution is -2.42. The topological polar surface area (TPSA) is 73.7 Å². The molecule has 2 aromatic rings. The van der Waals surface area contributed by atoms with Crippen molar-refractivity contribution in [2.45, 2.75) is 39.5 Å². The molecule has 0 fully saturated rings. The second-order valence-electron chi connectivity index (χ2n) is 7.27. The van der Waals surface area contributed by atoms with Crippen LogP contribution in [0, 0.1) is 0 Å². The molecule has 0 radical (unpaired) electrons. The summed E-state index contributed by atoms with van der Waals surface area (Å²) in [6.45, 7) is 6.22. The molecule has 0 N–H and O–H groups in total. The van der Waals surface area contributed by atoms with E-state index in [0.717, 1.165) is 17.0 Å². The molecule has 1 aromatic heterocycles. The van der Waals surface area contributed by atoms with E-state index >= 15 is 0 Å². The summed E-state index contributed by atoms with van der Waals surface area (Å²) >= 11 is 0. The Balaban J connectivity index is 1.80. The highest BCUT2D eigenvalue weighted by atomic mass is 16.6. The van der Waals surface area contributed by atoms with E-state index in [4.69, 9.17) is 9.47 Å². The number of ketones is 1. The molecule has 0 aliphatic carbocycles. The largest absolute Gasteiger partial charge is 0.497 e. The number of Topliss-reactive ketones (excluding diaryl/α,β-unsaturated/α-hetero) is 1. The zero-order valence-corrected chi connectivity index (χ0v) is 15.5. The third-order valence-electron chi connectivity index (χ3n) is 4.07. The van der Waals surface area contributed by atoms with E-state index in [2.05, 4.69) is 5.10 Å². The van der Waals surface area contributed by atoms with Gasteiger partial charge in [-0.05, 0) is 38.5 Å². The van der Waals surface area contributed by atoms with Crippen LogP contribution in [0.25, 0.3) is 0 Å². The number of methoxy groups -OCH3 is 1. The molecule has 0 saturated heterocycles. The Morgan fingerprint density at radius 1 is 1.19 bits per heavy atom. The van der Waals surface area contributed by atoms with Crippen molar-refractivity contribution in [3.8, 4) is 5.75 Å². The fourth-order valence-corrected chi connectivity index (χ4v) is 2.80. The summed E-state index contributed by atoms with van der Waals surface area (Å²) in [5.74, 6) is 0.653. The van der Waals surface area contributed by atoms with Crippen molar-refractivity contribution in [1.29, 1.82) is 0 Å². The number of ether oxygens (including phenoxy) is 2. The highest BCUT2D eigenvalue weighted by Gasteiger charge is 2.32. The van der Waals surface area contributed by atoms with Gasteiger partial charge in [-0.2, -0.15) is 5.10 Å². The Morgan fingerprint density at radius 3 is 2.50 bits per heavy atom. The van der Waals surface area contributed by atoms with Crippen LogP contribution in [0.5, 0.6) is 5.75 Å². The van der Waals surface area contributed by atoms with Gasteiger partial charge in [0.2, 0.25) is 0 Å². The Kier molecular flexibility index (Phi) is 4.71. The van der Waals surface area contributed by atoms with Crippen LogP contribution in [-0.2, 0) is 17.8 Å². The average molecular weight is 357 g/mol. The first-order valence-electron chi connectivity index (χ1n) is 8.45. The molecule has 0 saturated carbocycles. The van der Waals surface area contributed by atoms with Gasteiger partial charge in [-0.1, -0.05) is 12.1 Å². The van der Waals surface area contributed by atoms with E-state index in [-0.39, 0.29) is 12.3 Å². The smallest absolute Gasteiger partial charge is 0.411 e. The number of hydrogen-bond donors (Lipinski definition) is 0. The number of fused-ring (bicyclic) bond motifs is 1. The number of carbonyl (C=O) groups is 2. The van der Waals surface area contributed by atoms with Crippen molar-refractivity contribution in [3.63, 3.8) is 0 Å². The number of aromatic nitrogens is 2. The van der Waals surface area contributed by atoms with Crippen molar-refractivity contribution in [3.05, 3.63) is 47.3 Å². The third kappa shape index (κ3) is 3.87. The lowest BCUT2D eigenvalue weighted by Gasteiger charge is -2.29. The molecule has 26 heavy (non-hydrogen) atoms. The van der Waals surface area contributed by atoms with Gasteiger partial charge >= 0.3 is 6.09 Å². The molecule has 2 heterocycles. The summed E-state index contributed by atoms with van der Waals surface area (Å²) in [5.41, 5.74) is 1.71. The predicted molar refractivity (Wildman–Crippen MR) is 95.3 cm³/mol. The first kappa shape index (κ1) is 18.0. The van der Waals surface area contributed by atoms with Crippen LogP contribution in [0.2, 0.25) is 0 Å². The van der Waals surface area contributed by atoms with Gasteiger partial charge in [-0.3, -0.25) is 14.4 Å². The minimum Gasteiger partial charge on any atom is -0.497 e. The Hall–Kier alpha value is -2.83. The van der Waals surface area contributed by atoms with Gasteiger partial charge in [0.1, 0.15) is 11.4 Å². The van der Waals surface area contributed by atoms with Crippen LogP contribution >= 0.6 is 0 Å². The maximum absolute atomic E-state index is 12.4. The number of rotatable bonds is 3. The van der Waals surface area contributed by atoms with Crippen molar-refractivity contribution in [2.24, 2.45) is 0 Å². The van der Waals surface area contributed by atoms with Crippen LogP contribution in [0.1, 0.15) is 42.4 Å². The normalized spacial score (nSPS) is 14.2. The summed E-state index contributed by atoms with van der Waals surface area (Å²) in [6, 6.07) is 7.65. The summed E-state index contributed by atoms with van der Waals surface area (Å²) in [6.07, 6.45) is 1.09. The van der Waals surface area contributed by atoms with Crippen LogP contribution in [0.4, 0.5) is 4.79 Å². The number of hydrogen-bond acceptors (Lipinski definition) is 5. The number of nitrogens with zero attached hydrogens (tertiary/aromatic N) is 3. The van der Waals surface area contributed by atoms with Gasteiger partial charge in [-0.15, -0.1) is 0 Å². The van der Waals surface area contributed by atoms with Crippen LogP contribution < -0.4 is 4.74 Å². The monoisotopic (exact) mass is 357 g/mol. The molecular formula is C19H23N3O4. The lowest BCUT2D eigenvalue weighted by atomic mass is 10.1. The highest BCUT2D eigenvalue weighted by molar-refractivity contribution is 6.01. The molecular weight excluding hydrogens is 334 g/mol. The Morgan fingerprint density at radius 2 is 1.88 bits per heavy atom. The zero-order valence-electron chi connectivity index (χ0n) is 15.5. The summed E-state index contributed by atoms with van der Waals surface area (Å²) in [7, 11) is 1.62. The first-order chi connectivity index (χ1) is 12.3. The molecule has 138 valence electrons. The minimum absolute atomic E-state index is 0.0101. The van der Waals surface area contributed by atoms with Gasteiger partial charge in [0.15, 0.2) is 5.78 Å². The molecule has 0 spiro atoms. The van der Waals surface area contributed by atoms with Crippen LogP contribution in [-0.4, -0.2) is 45.8 Å². The van der Waals surface area contributed by atoms with E-state index in [1.54, 1.807) is 38.8 Å². The fraction of sp³-hybridized carbons (Fsp3) is 0.421.